The van der Waals surface area contributed by atoms with E-state index in [-0.39, 0.29) is 5.56 Å². The molecule has 1 aromatic heterocycles. The zero-order valence-corrected chi connectivity index (χ0v) is 14.6. The van der Waals surface area contributed by atoms with Crippen LogP contribution in [-0.4, -0.2) is 35.3 Å². The summed E-state index contributed by atoms with van der Waals surface area (Å²) in [7, 11) is 1.31. The van der Waals surface area contributed by atoms with Gasteiger partial charge in [0, 0.05) is 12.1 Å². The molecule has 2 aliphatic rings. The molecule has 1 saturated carbocycles. The number of rotatable bonds is 2. The van der Waals surface area contributed by atoms with Crippen molar-refractivity contribution in [2.24, 2.45) is 16.8 Å². The van der Waals surface area contributed by atoms with Gasteiger partial charge in [-0.05, 0) is 18.3 Å². The van der Waals surface area contributed by atoms with Crippen LogP contribution in [0, 0.1) is 11.8 Å². The molecule has 3 atom stereocenters. The summed E-state index contributed by atoms with van der Waals surface area (Å²) >= 11 is 1.26. The molecule has 7 heteroatoms. The van der Waals surface area contributed by atoms with Crippen molar-refractivity contribution in [2.45, 2.75) is 45.8 Å². The normalized spacial score (nSPS) is 29.0. The Bertz CT molecular complexity index is 767. The van der Waals surface area contributed by atoms with Crippen LogP contribution in [0.25, 0.3) is 6.08 Å². The number of fused-ring (bicyclic) bond motifs is 1. The van der Waals surface area contributed by atoms with Gasteiger partial charge in [-0.15, -0.1) is 0 Å². The van der Waals surface area contributed by atoms with E-state index in [4.69, 9.17) is 0 Å². The van der Waals surface area contributed by atoms with Gasteiger partial charge in [-0.2, -0.15) is 0 Å². The molecular weight excluding hydrogens is 314 g/mol. The van der Waals surface area contributed by atoms with Crippen molar-refractivity contribution in [3.05, 3.63) is 19.7 Å². The second-order valence-electron chi connectivity index (χ2n) is 6.51. The number of hydrogen-bond donors (Lipinski definition) is 0. The summed E-state index contributed by atoms with van der Waals surface area (Å²) in [5.74, 6) is 0.807. The Morgan fingerprint density at radius 1 is 1.39 bits per heavy atom. The highest BCUT2D eigenvalue weighted by atomic mass is 32.1. The summed E-state index contributed by atoms with van der Waals surface area (Å²) in [6.07, 6.45) is 4.93. The van der Waals surface area contributed by atoms with E-state index in [0.717, 1.165) is 6.42 Å². The predicted octanol–water partition coefficient (Wildman–Crippen LogP) is 0.538. The third-order valence-corrected chi connectivity index (χ3v) is 6.23. The molecule has 1 aliphatic heterocycles. The number of ether oxygens (including phenoxy) is 1. The Kier molecular flexibility index (Phi) is 4.68. The molecule has 0 aromatic carbocycles. The molecule has 0 unspecified atom stereocenters. The van der Waals surface area contributed by atoms with Gasteiger partial charge in [0.1, 0.15) is 4.53 Å². The number of thiazole rings is 1. The highest BCUT2D eigenvalue weighted by Crippen LogP contribution is 2.33. The van der Waals surface area contributed by atoms with E-state index in [0.29, 0.717) is 40.5 Å². The fourth-order valence-corrected chi connectivity index (χ4v) is 4.50. The van der Waals surface area contributed by atoms with Gasteiger partial charge in [0.2, 0.25) is 0 Å². The molecule has 0 radical (unpaired) electrons. The first-order valence-corrected chi connectivity index (χ1v) is 8.90. The third kappa shape index (κ3) is 3.12. The molecule has 0 N–H and O–H groups in total. The minimum Gasteiger partial charge on any atom is -0.466 e. The van der Waals surface area contributed by atoms with Crippen molar-refractivity contribution in [1.29, 1.82) is 0 Å². The highest BCUT2D eigenvalue weighted by molar-refractivity contribution is 7.07. The van der Waals surface area contributed by atoms with Crippen LogP contribution in [0.5, 0.6) is 0 Å². The average molecular weight is 337 g/mol. The first-order chi connectivity index (χ1) is 11.0. The number of carbonyl (C=O) groups excluding carboxylic acids is 1. The van der Waals surface area contributed by atoms with Crippen molar-refractivity contribution in [3.8, 4) is 0 Å². The molecule has 6 nitrogen and oxygen atoms in total. The summed E-state index contributed by atoms with van der Waals surface area (Å²) in [5.41, 5.74) is -0.152. The molecule has 1 fully saturated rings. The van der Waals surface area contributed by atoms with E-state index in [1.54, 1.807) is 4.57 Å². The van der Waals surface area contributed by atoms with Crippen LogP contribution in [0.3, 0.4) is 0 Å². The molecule has 0 bridgehead atoms. The Morgan fingerprint density at radius 3 is 2.91 bits per heavy atom. The van der Waals surface area contributed by atoms with Crippen LogP contribution in [0.2, 0.25) is 0 Å². The Hall–Kier alpha value is -1.47. The minimum atomic E-state index is -0.507. The lowest BCUT2D eigenvalue weighted by Gasteiger charge is -2.41. The van der Waals surface area contributed by atoms with E-state index < -0.39 is 5.97 Å². The lowest BCUT2D eigenvalue weighted by atomic mass is 9.77. The third-order valence-electron chi connectivity index (χ3n) is 5.18. The Balaban J connectivity index is 1.88. The molecule has 0 amide bonds. The van der Waals surface area contributed by atoms with Crippen LogP contribution < -0.4 is 14.9 Å². The average Bonchev–Trinajstić information content (AvgIpc) is 2.85. The van der Waals surface area contributed by atoms with Crippen LogP contribution >= 0.6 is 11.3 Å². The van der Waals surface area contributed by atoms with Crippen LogP contribution in [0.15, 0.2) is 9.79 Å². The number of carbonyl (C=O) groups is 1. The van der Waals surface area contributed by atoms with Gasteiger partial charge in [-0.25, -0.2) is 9.79 Å². The number of aromatic nitrogens is 1. The van der Waals surface area contributed by atoms with Gasteiger partial charge >= 0.3 is 5.97 Å². The minimum absolute atomic E-state index is 0.152. The number of methoxy groups -OCH3 is 1. The second-order valence-corrected chi connectivity index (χ2v) is 7.52. The van der Waals surface area contributed by atoms with Gasteiger partial charge in [0.25, 0.3) is 5.56 Å². The molecule has 1 aromatic rings. The first-order valence-electron chi connectivity index (χ1n) is 8.09. The van der Waals surface area contributed by atoms with Crippen molar-refractivity contribution >= 4 is 23.4 Å². The smallest absolute Gasteiger partial charge is 0.332 e. The summed E-state index contributed by atoms with van der Waals surface area (Å²) in [4.78, 5) is 31.4. The monoisotopic (exact) mass is 337 g/mol. The summed E-state index contributed by atoms with van der Waals surface area (Å²) in [6, 6.07) is 0.468. The Labute approximate surface area is 139 Å². The van der Waals surface area contributed by atoms with Crippen LogP contribution in [-0.2, 0) is 16.2 Å². The SMILES string of the molecule is COC(=O)/C=c1\sc2n(c1=O)CN([C@H]1CCC[C@@H](C)[C@@H]1C)CN=2. The maximum Gasteiger partial charge on any atom is 0.332 e. The van der Waals surface area contributed by atoms with E-state index in [2.05, 4.69) is 28.5 Å². The first kappa shape index (κ1) is 16.4. The summed E-state index contributed by atoms with van der Waals surface area (Å²) in [5, 5.41) is 0. The van der Waals surface area contributed by atoms with Gasteiger partial charge in [0.05, 0.1) is 20.4 Å². The summed E-state index contributed by atoms with van der Waals surface area (Å²) in [6.45, 7) is 5.80. The van der Waals surface area contributed by atoms with E-state index in [1.165, 1.54) is 37.4 Å². The van der Waals surface area contributed by atoms with Crippen LogP contribution in [0.4, 0.5) is 0 Å². The molecule has 2 heterocycles. The molecule has 23 heavy (non-hydrogen) atoms. The quantitative estimate of drug-likeness (QED) is 0.739. The molecule has 0 spiro atoms. The van der Waals surface area contributed by atoms with Crippen molar-refractivity contribution in [1.82, 2.24) is 9.47 Å². The fourth-order valence-electron chi connectivity index (χ4n) is 3.57. The van der Waals surface area contributed by atoms with E-state index in [9.17, 15) is 9.59 Å². The van der Waals surface area contributed by atoms with Gasteiger partial charge < -0.3 is 4.74 Å². The maximum atomic E-state index is 12.5. The topological polar surface area (TPSA) is 63.9 Å². The van der Waals surface area contributed by atoms with Gasteiger partial charge in [-0.3, -0.25) is 14.3 Å². The fraction of sp³-hybridized carbons (Fsp3) is 0.688. The molecular formula is C16H23N3O3S. The standard InChI is InChI=1S/C16H23N3O3S/c1-10-5-4-6-12(11(10)2)18-8-17-16-19(9-18)15(21)13(23-16)7-14(20)22-3/h7,10-12H,4-6,8-9H2,1-3H3/b13-7-/t10-,11+,12+/m1/s1. The zero-order valence-electron chi connectivity index (χ0n) is 13.8. The molecule has 1 aliphatic carbocycles. The number of nitrogens with zero attached hydrogens (tertiary/aromatic N) is 3. The highest BCUT2D eigenvalue weighted by Gasteiger charge is 2.32. The van der Waals surface area contributed by atoms with Gasteiger partial charge in [-0.1, -0.05) is 38.0 Å². The van der Waals surface area contributed by atoms with Crippen molar-refractivity contribution in [3.63, 3.8) is 0 Å². The van der Waals surface area contributed by atoms with Crippen LogP contribution in [0.1, 0.15) is 33.1 Å². The number of hydrogen-bond acceptors (Lipinski definition) is 6. The second kappa shape index (κ2) is 6.57. The molecule has 0 saturated heterocycles. The summed E-state index contributed by atoms with van der Waals surface area (Å²) < 4.78 is 6.67. The number of esters is 1. The zero-order chi connectivity index (χ0) is 16.6. The van der Waals surface area contributed by atoms with Crippen molar-refractivity contribution in [2.75, 3.05) is 13.8 Å². The Morgan fingerprint density at radius 2 is 2.17 bits per heavy atom. The predicted molar refractivity (Wildman–Crippen MR) is 88.5 cm³/mol. The molecule has 3 rings (SSSR count). The van der Waals surface area contributed by atoms with E-state index >= 15 is 0 Å². The lowest BCUT2D eigenvalue weighted by Crippen LogP contribution is -2.50. The van der Waals surface area contributed by atoms with Crippen molar-refractivity contribution < 1.29 is 9.53 Å². The van der Waals surface area contributed by atoms with Gasteiger partial charge in [0.15, 0.2) is 4.80 Å². The maximum absolute atomic E-state index is 12.5. The molecule has 126 valence electrons. The largest absolute Gasteiger partial charge is 0.466 e. The van der Waals surface area contributed by atoms with E-state index in [1.807, 2.05) is 0 Å². The lowest BCUT2D eigenvalue weighted by molar-refractivity contribution is -0.133.